The van der Waals surface area contributed by atoms with E-state index < -0.39 is 0 Å². The van der Waals surface area contributed by atoms with Crippen LogP contribution in [-0.4, -0.2) is 13.0 Å². The van der Waals surface area contributed by atoms with E-state index in [0.717, 1.165) is 35.8 Å². The molecule has 3 aliphatic rings. The van der Waals surface area contributed by atoms with Gasteiger partial charge in [0.1, 0.15) is 0 Å². The van der Waals surface area contributed by atoms with Gasteiger partial charge in [-0.2, -0.15) is 0 Å². The molecule has 0 aliphatic heterocycles. The second-order valence-electron chi connectivity index (χ2n) is 11.3. The molecule has 1 aromatic rings. The topological polar surface area (TPSA) is 20.3 Å². The fourth-order valence-corrected chi connectivity index (χ4v) is 7.89. The zero-order valence-corrected chi connectivity index (χ0v) is 19.3. The van der Waals surface area contributed by atoms with Crippen LogP contribution in [0.2, 0.25) is 0 Å². The van der Waals surface area contributed by atoms with Crippen LogP contribution in [0.3, 0.4) is 0 Å². The van der Waals surface area contributed by atoms with Gasteiger partial charge in [-0.3, -0.25) is 4.79 Å². The summed E-state index contributed by atoms with van der Waals surface area (Å²) >= 11 is 0. The first-order valence-electron chi connectivity index (χ1n) is 12.1. The van der Waals surface area contributed by atoms with Gasteiger partial charge in [-0.05, 0) is 92.1 Å². The Bertz CT molecular complexity index is 727. The summed E-state index contributed by atoms with van der Waals surface area (Å²) in [5, 5.41) is 0. The van der Waals surface area contributed by atoms with Gasteiger partial charge in [0, 0.05) is 12.7 Å². The molecule has 1 aromatic carbocycles. The Morgan fingerprint density at radius 3 is 2.45 bits per heavy atom. The van der Waals surface area contributed by atoms with Gasteiger partial charge in [-0.15, -0.1) is 0 Å². The van der Waals surface area contributed by atoms with Crippen LogP contribution >= 0.6 is 0 Å². The number of hydrogen-bond donors (Lipinski definition) is 0. The molecule has 2 nitrogen and oxygen atoms in total. The Balaban J connectivity index is 1.59. The van der Waals surface area contributed by atoms with Crippen LogP contribution in [0.25, 0.3) is 0 Å². The maximum Gasteiger partial charge on any atom is 0.232 e. The summed E-state index contributed by atoms with van der Waals surface area (Å²) in [6.45, 7) is 9.69. The van der Waals surface area contributed by atoms with E-state index in [9.17, 15) is 4.79 Å². The second kappa shape index (κ2) is 7.75. The molecule has 6 atom stereocenters. The lowest BCUT2D eigenvalue weighted by Crippen LogP contribution is -2.58. The van der Waals surface area contributed by atoms with Crippen molar-refractivity contribution in [2.24, 2.45) is 40.4 Å². The van der Waals surface area contributed by atoms with Gasteiger partial charge in [0.25, 0.3) is 0 Å². The van der Waals surface area contributed by atoms with E-state index in [4.69, 9.17) is 0 Å². The quantitative estimate of drug-likeness (QED) is 0.542. The molecule has 0 radical (unpaired) electrons. The summed E-state index contributed by atoms with van der Waals surface area (Å²) < 4.78 is 0. The molecule has 4 rings (SSSR count). The maximum atomic E-state index is 13.8. The molecule has 3 saturated carbocycles. The lowest BCUT2D eigenvalue weighted by atomic mass is 9.43. The summed E-state index contributed by atoms with van der Waals surface area (Å²) in [5.41, 5.74) is 1.14. The van der Waals surface area contributed by atoms with Crippen molar-refractivity contribution in [3.63, 3.8) is 0 Å². The van der Waals surface area contributed by atoms with E-state index in [1.165, 1.54) is 44.9 Å². The summed E-state index contributed by atoms with van der Waals surface area (Å²) in [7, 11) is 1.98. The van der Waals surface area contributed by atoms with Crippen molar-refractivity contribution in [1.82, 2.24) is 0 Å². The molecule has 0 N–H and O–H groups in total. The van der Waals surface area contributed by atoms with Gasteiger partial charge in [0.15, 0.2) is 0 Å². The van der Waals surface area contributed by atoms with Crippen LogP contribution in [0.1, 0.15) is 79.1 Å². The monoisotopic (exact) mass is 395 g/mol. The first-order chi connectivity index (χ1) is 13.8. The zero-order chi connectivity index (χ0) is 20.8. The van der Waals surface area contributed by atoms with Crippen molar-refractivity contribution in [3.8, 4) is 0 Å². The highest BCUT2D eigenvalue weighted by atomic mass is 16.2. The van der Waals surface area contributed by atoms with Gasteiger partial charge >= 0.3 is 0 Å². The lowest BCUT2D eigenvalue weighted by Gasteiger charge is -2.61. The van der Waals surface area contributed by atoms with Crippen molar-refractivity contribution in [1.29, 1.82) is 0 Å². The maximum absolute atomic E-state index is 13.8. The van der Waals surface area contributed by atoms with E-state index in [0.29, 0.717) is 17.2 Å². The van der Waals surface area contributed by atoms with E-state index >= 15 is 0 Å². The normalized spacial score (nSPS) is 39.5. The molecule has 0 bridgehead atoms. The Kier molecular flexibility index (Phi) is 5.59. The summed E-state index contributed by atoms with van der Waals surface area (Å²) in [6.07, 6.45) is 10.4. The van der Waals surface area contributed by atoms with Crippen molar-refractivity contribution in [3.05, 3.63) is 30.3 Å². The Hall–Kier alpha value is -1.31. The van der Waals surface area contributed by atoms with Gasteiger partial charge in [-0.25, -0.2) is 0 Å². The number of amides is 1. The summed E-state index contributed by atoms with van der Waals surface area (Å²) in [5.74, 6) is 4.32. The molecule has 160 valence electrons. The Morgan fingerprint density at radius 2 is 1.76 bits per heavy atom. The predicted octanol–water partition coefficient (Wildman–Crippen LogP) is 6.94. The van der Waals surface area contributed by atoms with Crippen LogP contribution in [0.4, 0.5) is 5.69 Å². The SMILES string of the molecule is CC(C)C1CC[C@@H]2C(CCC3[C@]2(C)CCC[C@]3(C)C(=O)N(C)c2ccccc2)C1. The van der Waals surface area contributed by atoms with E-state index in [-0.39, 0.29) is 5.41 Å². The third-order valence-corrected chi connectivity index (χ3v) is 9.55. The van der Waals surface area contributed by atoms with E-state index in [1.54, 1.807) is 0 Å². The molecule has 0 aromatic heterocycles. The molecule has 3 unspecified atom stereocenters. The van der Waals surface area contributed by atoms with Crippen LogP contribution < -0.4 is 4.90 Å². The number of anilines is 1. The molecule has 1 amide bonds. The summed E-state index contributed by atoms with van der Waals surface area (Å²) in [4.78, 5) is 15.8. The third kappa shape index (κ3) is 3.45. The third-order valence-electron chi connectivity index (χ3n) is 9.55. The average Bonchev–Trinajstić information content (AvgIpc) is 2.72. The number of fused-ring (bicyclic) bond motifs is 3. The lowest BCUT2D eigenvalue weighted by molar-refractivity contribution is -0.154. The Morgan fingerprint density at radius 1 is 1.03 bits per heavy atom. The predicted molar refractivity (Wildman–Crippen MR) is 122 cm³/mol. The molecule has 0 heterocycles. The van der Waals surface area contributed by atoms with Crippen molar-refractivity contribution in [2.75, 3.05) is 11.9 Å². The second-order valence-corrected chi connectivity index (χ2v) is 11.3. The number of rotatable bonds is 3. The molecular weight excluding hydrogens is 354 g/mol. The van der Waals surface area contributed by atoms with Crippen LogP contribution in [0.15, 0.2) is 30.3 Å². The number of nitrogens with zero attached hydrogens (tertiary/aromatic N) is 1. The Labute approximate surface area is 178 Å². The van der Waals surface area contributed by atoms with Crippen LogP contribution in [0, 0.1) is 40.4 Å². The molecule has 29 heavy (non-hydrogen) atoms. The fourth-order valence-electron chi connectivity index (χ4n) is 7.89. The zero-order valence-electron chi connectivity index (χ0n) is 19.3. The van der Waals surface area contributed by atoms with Crippen LogP contribution in [-0.2, 0) is 4.79 Å². The molecule has 3 aliphatic carbocycles. The van der Waals surface area contributed by atoms with Crippen LogP contribution in [0.5, 0.6) is 0 Å². The number of para-hydroxylation sites is 1. The number of benzene rings is 1. The number of hydrogen-bond acceptors (Lipinski definition) is 1. The van der Waals surface area contributed by atoms with Gasteiger partial charge in [0.05, 0.1) is 5.41 Å². The highest BCUT2D eigenvalue weighted by Crippen LogP contribution is 2.64. The molecule has 0 spiro atoms. The van der Waals surface area contributed by atoms with Crippen molar-refractivity contribution < 1.29 is 4.79 Å². The molecule has 0 saturated heterocycles. The highest BCUT2D eigenvalue weighted by molar-refractivity contribution is 5.97. The largest absolute Gasteiger partial charge is 0.315 e. The van der Waals surface area contributed by atoms with Crippen molar-refractivity contribution >= 4 is 11.6 Å². The molecule has 2 heteroatoms. The van der Waals surface area contributed by atoms with E-state index in [1.807, 2.05) is 30.1 Å². The fraction of sp³-hybridized carbons (Fsp3) is 0.741. The number of carbonyl (C=O) groups is 1. The van der Waals surface area contributed by atoms with Gasteiger partial charge in [0.2, 0.25) is 5.91 Å². The first kappa shape index (κ1) is 20.9. The smallest absolute Gasteiger partial charge is 0.232 e. The molecule has 3 fully saturated rings. The minimum atomic E-state index is -0.225. The van der Waals surface area contributed by atoms with E-state index in [2.05, 4.69) is 39.8 Å². The van der Waals surface area contributed by atoms with Crippen molar-refractivity contribution in [2.45, 2.75) is 79.1 Å². The molecular formula is C27H41NO. The standard InChI is InChI=1S/C27H41NO/c1-19(2)20-12-14-23-21(18-20)13-15-24-26(23,3)16-9-17-27(24,4)25(29)28(5)22-10-7-6-8-11-22/h6-8,10-11,19-21,23-24H,9,12-18H2,1-5H3/t20?,21?,23-,24?,26-,27+/m1/s1. The van der Waals surface area contributed by atoms with Gasteiger partial charge < -0.3 is 4.90 Å². The average molecular weight is 396 g/mol. The highest BCUT2D eigenvalue weighted by Gasteiger charge is 2.59. The summed E-state index contributed by atoms with van der Waals surface area (Å²) in [6, 6.07) is 10.2. The minimum Gasteiger partial charge on any atom is -0.315 e. The first-order valence-corrected chi connectivity index (χ1v) is 12.1. The number of carbonyl (C=O) groups excluding carboxylic acids is 1. The van der Waals surface area contributed by atoms with Gasteiger partial charge in [-0.1, -0.05) is 52.3 Å². The minimum absolute atomic E-state index is 0.225.